The first-order valence-electron chi connectivity index (χ1n) is 14.2. The van der Waals surface area contributed by atoms with Crippen LogP contribution in [-0.2, 0) is 20.8 Å². The van der Waals surface area contributed by atoms with E-state index in [-0.39, 0.29) is 42.6 Å². The summed E-state index contributed by atoms with van der Waals surface area (Å²) in [5.74, 6) is -0.468. The van der Waals surface area contributed by atoms with Gasteiger partial charge in [-0.25, -0.2) is 0 Å². The van der Waals surface area contributed by atoms with Crippen molar-refractivity contribution in [1.29, 1.82) is 0 Å². The van der Waals surface area contributed by atoms with Crippen LogP contribution in [0.15, 0.2) is 42.1 Å². The van der Waals surface area contributed by atoms with Gasteiger partial charge in [-0.3, -0.25) is 19.3 Å². The number of nitrogens with two attached hydrogens (primary N) is 1. The van der Waals surface area contributed by atoms with Crippen molar-refractivity contribution in [3.05, 3.63) is 57.7 Å². The minimum absolute atomic E-state index is 0.0702. The van der Waals surface area contributed by atoms with Gasteiger partial charge in [-0.1, -0.05) is 60.7 Å². The lowest BCUT2D eigenvalue weighted by Gasteiger charge is -2.50. The SMILES string of the molecule is NCCC(=O)N[C@H](Cc1ccc(Cl)cc1Cl)C(=O)N1CCN(C2(CNC(=O)C3=CNCC=C3)CCCCC2)CC1. The molecule has 2 heterocycles. The molecule has 2 fully saturated rings. The maximum absolute atomic E-state index is 13.7. The first kappa shape index (κ1) is 30.4. The van der Waals surface area contributed by atoms with E-state index in [0.717, 1.165) is 37.8 Å². The third-order valence-electron chi connectivity index (χ3n) is 8.12. The fourth-order valence-electron chi connectivity index (χ4n) is 5.90. The summed E-state index contributed by atoms with van der Waals surface area (Å²) in [6.45, 7) is 4.02. The summed E-state index contributed by atoms with van der Waals surface area (Å²) in [5.41, 5.74) is 6.82. The Labute approximate surface area is 246 Å². The quantitative estimate of drug-likeness (QED) is 0.332. The zero-order valence-corrected chi connectivity index (χ0v) is 24.4. The molecule has 1 aliphatic carbocycles. The zero-order chi connectivity index (χ0) is 28.5. The summed E-state index contributed by atoms with van der Waals surface area (Å²) < 4.78 is 0. The fraction of sp³-hybridized carbons (Fsp3) is 0.552. The van der Waals surface area contributed by atoms with Crippen LogP contribution in [0.5, 0.6) is 0 Å². The van der Waals surface area contributed by atoms with E-state index in [9.17, 15) is 14.4 Å². The van der Waals surface area contributed by atoms with Crippen molar-refractivity contribution in [2.75, 3.05) is 45.8 Å². The maximum Gasteiger partial charge on any atom is 0.252 e. The van der Waals surface area contributed by atoms with Gasteiger partial charge in [-0.2, -0.15) is 0 Å². The molecule has 1 saturated heterocycles. The van der Waals surface area contributed by atoms with Gasteiger partial charge in [-0.15, -0.1) is 0 Å². The number of halogens is 2. The Kier molecular flexibility index (Phi) is 10.9. The molecule has 3 aliphatic rings. The molecular weight excluding hydrogens is 551 g/mol. The van der Waals surface area contributed by atoms with E-state index in [1.54, 1.807) is 24.4 Å². The van der Waals surface area contributed by atoms with Gasteiger partial charge in [0.05, 0.1) is 5.57 Å². The first-order chi connectivity index (χ1) is 19.3. The Morgan fingerprint density at radius 2 is 1.82 bits per heavy atom. The van der Waals surface area contributed by atoms with Crippen LogP contribution in [0.2, 0.25) is 10.0 Å². The Morgan fingerprint density at radius 1 is 1.07 bits per heavy atom. The standard InChI is InChI=1S/C29H40Cl2N6O3/c30-23-7-6-21(24(31)18-23)17-25(35-26(38)8-11-32)28(40)36-13-15-37(16-14-36)29(9-2-1-3-10-29)20-34-27(39)22-5-4-12-33-19-22/h4-7,18-19,25,33H,1-3,8-17,20,32H2,(H,34,39)(H,35,38)/t25-/m1/s1. The molecule has 40 heavy (non-hydrogen) atoms. The van der Waals surface area contributed by atoms with E-state index in [1.165, 1.54) is 6.42 Å². The van der Waals surface area contributed by atoms with Crippen LogP contribution in [0.25, 0.3) is 0 Å². The summed E-state index contributed by atoms with van der Waals surface area (Å²) >= 11 is 12.4. The number of hydrogen-bond acceptors (Lipinski definition) is 6. The van der Waals surface area contributed by atoms with Crippen LogP contribution >= 0.6 is 23.2 Å². The monoisotopic (exact) mass is 590 g/mol. The van der Waals surface area contributed by atoms with Crippen LogP contribution in [0, 0.1) is 0 Å². The second kappa shape index (κ2) is 14.3. The number of amides is 3. The van der Waals surface area contributed by atoms with Crippen LogP contribution in [0.3, 0.4) is 0 Å². The lowest BCUT2D eigenvalue weighted by atomic mass is 9.79. The number of carbonyl (C=O) groups excluding carboxylic acids is 3. The normalized spacial score (nSPS) is 19.8. The highest BCUT2D eigenvalue weighted by atomic mass is 35.5. The second-order valence-electron chi connectivity index (χ2n) is 10.8. The molecule has 0 spiro atoms. The molecular formula is C29H40Cl2N6O3. The largest absolute Gasteiger partial charge is 0.387 e. The van der Waals surface area contributed by atoms with Crippen molar-refractivity contribution in [3.63, 3.8) is 0 Å². The predicted octanol–water partition coefficient (Wildman–Crippen LogP) is 2.38. The number of piperazine rings is 1. The molecule has 0 unspecified atom stereocenters. The predicted molar refractivity (Wildman–Crippen MR) is 158 cm³/mol. The number of dihydropyridines is 1. The van der Waals surface area contributed by atoms with E-state index < -0.39 is 6.04 Å². The van der Waals surface area contributed by atoms with Crippen LogP contribution in [0.1, 0.15) is 44.1 Å². The Bertz CT molecular complexity index is 1130. The molecule has 1 aromatic carbocycles. The summed E-state index contributed by atoms with van der Waals surface area (Å²) in [4.78, 5) is 43.2. The van der Waals surface area contributed by atoms with Crippen molar-refractivity contribution in [3.8, 4) is 0 Å². The van der Waals surface area contributed by atoms with E-state index in [1.807, 2.05) is 17.1 Å². The number of rotatable bonds is 10. The van der Waals surface area contributed by atoms with Gasteiger partial charge >= 0.3 is 0 Å². The minimum Gasteiger partial charge on any atom is -0.387 e. The third kappa shape index (κ3) is 7.78. The van der Waals surface area contributed by atoms with Crippen molar-refractivity contribution < 1.29 is 14.4 Å². The maximum atomic E-state index is 13.7. The topological polar surface area (TPSA) is 120 Å². The molecule has 0 radical (unpaired) electrons. The van der Waals surface area contributed by atoms with Crippen molar-refractivity contribution in [2.24, 2.45) is 5.73 Å². The second-order valence-corrected chi connectivity index (χ2v) is 11.6. The van der Waals surface area contributed by atoms with Gasteiger partial charge < -0.3 is 26.6 Å². The summed E-state index contributed by atoms with van der Waals surface area (Å²) in [5, 5.41) is 10.1. The van der Waals surface area contributed by atoms with E-state index >= 15 is 0 Å². The molecule has 0 aromatic heterocycles. The molecule has 11 heteroatoms. The average molecular weight is 592 g/mol. The van der Waals surface area contributed by atoms with Gasteiger partial charge in [0.1, 0.15) is 6.04 Å². The van der Waals surface area contributed by atoms with E-state index in [4.69, 9.17) is 28.9 Å². The Morgan fingerprint density at radius 3 is 2.48 bits per heavy atom. The summed E-state index contributed by atoms with van der Waals surface area (Å²) in [6, 6.07) is 4.40. The number of benzene rings is 1. The lowest BCUT2D eigenvalue weighted by Crippen LogP contribution is -2.63. The van der Waals surface area contributed by atoms with Crippen LogP contribution < -0.4 is 21.7 Å². The number of carbonyl (C=O) groups is 3. The van der Waals surface area contributed by atoms with Crippen LogP contribution in [-0.4, -0.2) is 84.9 Å². The fourth-order valence-corrected chi connectivity index (χ4v) is 6.39. The van der Waals surface area contributed by atoms with Crippen molar-refractivity contribution >= 4 is 40.9 Å². The van der Waals surface area contributed by atoms with E-state index in [2.05, 4.69) is 20.9 Å². The van der Waals surface area contributed by atoms with Crippen molar-refractivity contribution in [1.82, 2.24) is 25.8 Å². The molecule has 3 amide bonds. The molecule has 218 valence electrons. The summed E-state index contributed by atoms with van der Waals surface area (Å²) in [7, 11) is 0. The molecule has 4 rings (SSSR count). The molecule has 1 atom stereocenters. The number of nitrogens with zero attached hydrogens (tertiary/aromatic N) is 2. The number of nitrogens with one attached hydrogen (secondary N) is 3. The molecule has 5 N–H and O–H groups in total. The van der Waals surface area contributed by atoms with Gasteiger partial charge in [0.25, 0.3) is 5.91 Å². The smallest absolute Gasteiger partial charge is 0.252 e. The van der Waals surface area contributed by atoms with E-state index in [0.29, 0.717) is 48.3 Å². The van der Waals surface area contributed by atoms with Gasteiger partial charge in [0.2, 0.25) is 11.8 Å². The minimum atomic E-state index is -0.752. The van der Waals surface area contributed by atoms with Crippen molar-refractivity contribution in [2.45, 2.75) is 56.5 Å². The first-order valence-corrected chi connectivity index (χ1v) is 14.9. The highest BCUT2D eigenvalue weighted by molar-refractivity contribution is 6.35. The van der Waals surface area contributed by atoms with Crippen LogP contribution in [0.4, 0.5) is 0 Å². The molecule has 1 saturated carbocycles. The number of hydrogen-bond donors (Lipinski definition) is 4. The van der Waals surface area contributed by atoms with Gasteiger partial charge in [0.15, 0.2) is 0 Å². The lowest BCUT2D eigenvalue weighted by molar-refractivity contribution is -0.139. The van der Waals surface area contributed by atoms with Gasteiger partial charge in [0, 0.05) is 80.4 Å². The molecule has 0 bridgehead atoms. The highest BCUT2D eigenvalue weighted by Crippen LogP contribution is 2.34. The highest BCUT2D eigenvalue weighted by Gasteiger charge is 2.41. The third-order valence-corrected chi connectivity index (χ3v) is 8.71. The zero-order valence-electron chi connectivity index (χ0n) is 22.9. The molecule has 1 aromatic rings. The summed E-state index contributed by atoms with van der Waals surface area (Å²) in [6.07, 6.45) is 11.4. The average Bonchev–Trinajstić information content (AvgIpc) is 2.97. The molecule has 2 aliphatic heterocycles. The Balaban J connectivity index is 1.41. The van der Waals surface area contributed by atoms with Gasteiger partial charge in [-0.05, 0) is 30.5 Å². The Hall–Kier alpha value is -2.59. The molecule has 9 nitrogen and oxygen atoms in total.